The minimum absolute atomic E-state index is 0.140. The Kier molecular flexibility index (Phi) is 5.88. The SMILES string of the molecule is COCC(NC(=O)Nc1cc(Cl)cc(Cl)c1)C(=O)O. The second-order valence-electron chi connectivity index (χ2n) is 3.60. The van der Waals surface area contributed by atoms with E-state index in [0.717, 1.165) is 0 Å². The fourth-order valence-electron chi connectivity index (χ4n) is 1.29. The Morgan fingerprint density at radius 3 is 2.37 bits per heavy atom. The molecule has 0 heterocycles. The lowest BCUT2D eigenvalue weighted by atomic mass is 10.3. The first-order valence-corrected chi connectivity index (χ1v) is 5.93. The minimum atomic E-state index is -1.19. The number of amides is 2. The van der Waals surface area contributed by atoms with Crippen LogP contribution in [0.5, 0.6) is 0 Å². The van der Waals surface area contributed by atoms with Crippen molar-refractivity contribution in [3.8, 4) is 0 Å². The monoisotopic (exact) mass is 306 g/mol. The predicted octanol–water partition coefficient (Wildman–Crippen LogP) is 2.21. The maximum Gasteiger partial charge on any atom is 0.328 e. The van der Waals surface area contributed by atoms with Crippen LogP contribution in [0.25, 0.3) is 0 Å². The molecular formula is C11H12Cl2N2O4. The van der Waals surface area contributed by atoms with Crippen LogP contribution in [-0.4, -0.2) is 36.9 Å². The van der Waals surface area contributed by atoms with Gasteiger partial charge < -0.3 is 20.5 Å². The average molecular weight is 307 g/mol. The molecule has 0 bridgehead atoms. The first-order valence-electron chi connectivity index (χ1n) is 5.17. The van der Waals surface area contributed by atoms with Gasteiger partial charge in [-0.1, -0.05) is 23.2 Å². The summed E-state index contributed by atoms with van der Waals surface area (Å²) in [6.07, 6.45) is 0. The number of carboxylic acid groups (broad SMARTS) is 1. The molecule has 0 radical (unpaired) electrons. The summed E-state index contributed by atoms with van der Waals surface area (Å²) in [6, 6.07) is 2.65. The molecule has 8 heteroatoms. The van der Waals surface area contributed by atoms with Crippen molar-refractivity contribution in [1.29, 1.82) is 0 Å². The first kappa shape index (κ1) is 15.6. The summed E-state index contributed by atoms with van der Waals surface area (Å²) in [7, 11) is 1.34. The van der Waals surface area contributed by atoms with E-state index in [-0.39, 0.29) is 6.61 Å². The van der Waals surface area contributed by atoms with Gasteiger partial charge >= 0.3 is 12.0 Å². The molecule has 0 saturated heterocycles. The highest BCUT2D eigenvalue weighted by Crippen LogP contribution is 2.22. The van der Waals surface area contributed by atoms with Crippen molar-refractivity contribution in [2.45, 2.75) is 6.04 Å². The van der Waals surface area contributed by atoms with Crippen LogP contribution in [0.3, 0.4) is 0 Å². The largest absolute Gasteiger partial charge is 0.480 e. The number of carbonyl (C=O) groups is 2. The highest BCUT2D eigenvalue weighted by atomic mass is 35.5. The number of methoxy groups -OCH3 is 1. The van der Waals surface area contributed by atoms with Crippen molar-refractivity contribution in [3.05, 3.63) is 28.2 Å². The summed E-state index contributed by atoms with van der Waals surface area (Å²) in [5.74, 6) is -1.19. The standard InChI is InChI=1S/C11H12Cl2N2O4/c1-19-5-9(10(16)17)15-11(18)14-8-3-6(12)2-7(13)4-8/h2-4,9H,5H2,1H3,(H,16,17)(H2,14,15,18). The molecule has 1 aromatic carbocycles. The molecule has 6 nitrogen and oxygen atoms in total. The number of rotatable bonds is 5. The third-order valence-electron chi connectivity index (χ3n) is 2.06. The van der Waals surface area contributed by atoms with Gasteiger partial charge in [0.05, 0.1) is 6.61 Å². The van der Waals surface area contributed by atoms with Crippen molar-refractivity contribution in [3.63, 3.8) is 0 Å². The summed E-state index contributed by atoms with van der Waals surface area (Å²) in [5.41, 5.74) is 0.358. The Bertz CT molecular complexity index is 462. The zero-order valence-electron chi connectivity index (χ0n) is 9.94. The Labute approximate surface area is 119 Å². The van der Waals surface area contributed by atoms with E-state index in [4.69, 9.17) is 28.3 Å². The molecule has 0 spiro atoms. The van der Waals surface area contributed by atoms with Crippen LogP contribution in [0.2, 0.25) is 10.0 Å². The molecule has 104 valence electrons. The molecule has 0 fully saturated rings. The number of halogens is 2. The van der Waals surface area contributed by atoms with Crippen molar-refractivity contribution >= 4 is 40.9 Å². The Morgan fingerprint density at radius 1 is 1.32 bits per heavy atom. The van der Waals surface area contributed by atoms with Gasteiger partial charge in [-0.25, -0.2) is 9.59 Å². The van der Waals surface area contributed by atoms with Crippen LogP contribution in [-0.2, 0) is 9.53 Å². The molecule has 3 N–H and O–H groups in total. The van der Waals surface area contributed by atoms with E-state index in [9.17, 15) is 9.59 Å². The van der Waals surface area contributed by atoms with Gasteiger partial charge in [-0.05, 0) is 18.2 Å². The van der Waals surface area contributed by atoms with Gasteiger partial charge in [-0.15, -0.1) is 0 Å². The number of benzene rings is 1. The summed E-state index contributed by atoms with van der Waals surface area (Å²) in [6.45, 7) is -0.140. The number of aliphatic carboxylic acids is 1. The van der Waals surface area contributed by atoms with E-state index < -0.39 is 18.0 Å². The number of hydrogen-bond acceptors (Lipinski definition) is 3. The maximum absolute atomic E-state index is 11.6. The van der Waals surface area contributed by atoms with Crippen LogP contribution >= 0.6 is 23.2 Å². The fourth-order valence-corrected chi connectivity index (χ4v) is 1.82. The molecule has 2 amide bonds. The number of carbonyl (C=O) groups excluding carboxylic acids is 1. The Morgan fingerprint density at radius 2 is 1.89 bits per heavy atom. The smallest absolute Gasteiger partial charge is 0.328 e. The van der Waals surface area contributed by atoms with E-state index in [1.807, 2.05) is 0 Å². The predicted molar refractivity (Wildman–Crippen MR) is 71.9 cm³/mol. The molecule has 1 unspecified atom stereocenters. The van der Waals surface area contributed by atoms with Crippen LogP contribution < -0.4 is 10.6 Å². The van der Waals surface area contributed by atoms with Gasteiger partial charge in [0.1, 0.15) is 0 Å². The molecule has 19 heavy (non-hydrogen) atoms. The molecule has 0 aromatic heterocycles. The van der Waals surface area contributed by atoms with Gasteiger partial charge in [-0.2, -0.15) is 0 Å². The van der Waals surface area contributed by atoms with E-state index in [1.54, 1.807) is 0 Å². The van der Waals surface area contributed by atoms with E-state index in [1.165, 1.54) is 25.3 Å². The fraction of sp³-hybridized carbons (Fsp3) is 0.273. The zero-order valence-corrected chi connectivity index (χ0v) is 11.5. The third-order valence-corrected chi connectivity index (χ3v) is 2.49. The van der Waals surface area contributed by atoms with Crippen molar-refractivity contribution < 1.29 is 19.4 Å². The highest BCUT2D eigenvalue weighted by Gasteiger charge is 2.19. The molecule has 1 rings (SSSR count). The number of urea groups is 1. The third kappa shape index (κ3) is 5.34. The number of carboxylic acids is 1. The molecule has 0 aliphatic heterocycles. The second-order valence-corrected chi connectivity index (χ2v) is 4.48. The van der Waals surface area contributed by atoms with Crippen LogP contribution in [0.15, 0.2) is 18.2 Å². The van der Waals surface area contributed by atoms with Crippen LogP contribution in [0.4, 0.5) is 10.5 Å². The van der Waals surface area contributed by atoms with Crippen molar-refractivity contribution in [2.75, 3.05) is 19.0 Å². The average Bonchev–Trinajstić information content (AvgIpc) is 2.26. The van der Waals surface area contributed by atoms with Gasteiger partial charge in [0, 0.05) is 22.8 Å². The Hall–Kier alpha value is -1.50. The van der Waals surface area contributed by atoms with Crippen molar-refractivity contribution in [1.82, 2.24) is 5.32 Å². The number of hydrogen-bond donors (Lipinski definition) is 3. The molecule has 0 aliphatic carbocycles. The van der Waals surface area contributed by atoms with Crippen LogP contribution in [0.1, 0.15) is 0 Å². The lowest BCUT2D eigenvalue weighted by Gasteiger charge is -2.14. The normalized spacial score (nSPS) is 11.7. The lowest BCUT2D eigenvalue weighted by Crippen LogP contribution is -2.45. The quantitative estimate of drug-likeness (QED) is 0.778. The Balaban J connectivity index is 2.66. The van der Waals surface area contributed by atoms with Gasteiger partial charge in [-0.3, -0.25) is 0 Å². The molecule has 0 saturated carbocycles. The molecular weight excluding hydrogens is 295 g/mol. The molecule has 1 aromatic rings. The minimum Gasteiger partial charge on any atom is -0.480 e. The first-order chi connectivity index (χ1) is 8.92. The zero-order chi connectivity index (χ0) is 14.4. The van der Waals surface area contributed by atoms with Gasteiger partial charge in [0.2, 0.25) is 0 Å². The van der Waals surface area contributed by atoms with Crippen LogP contribution in [0, 0.1) is 0 Å². The highest BCUT2D eigenvalue weighted by molar-refractivity contribution is 6.35. The summed E-state index contributed by atoms with van der Waals surface area (Å²) < 4.78 is 4.69. The van der Waals surface area contributed by atoms with E-state index in [0.29, 0.717) is 15.7 Å². The topological polar surface area (TPSA) is 87.7 Å². The van der Waals surface area contributed by atoms with E-state index >= 15 is 0 Å². The van der Waals surface area contributed by atoms with Gasteiger partial charge in [0.15, 0.2) is 6.04 Å². The van der Waals surface area contributed by atoms with Gasteiger partial charge in [0.25, 0.3) is 0 Å². The summed E-state index contributed by atoms with van der Waals surface area (Å²) in [5, 5.41) is 14.2. The summed E-state index contributed by atoms with van der Waals surface area (Å²) in [4.78, 5) is 22.4. The molecule has 0 aliphatic rings. The second kappa shape index (κ2) is 7.18. The number of ether oxygens (including phenoxy) is 1. The maximum atomic E-state index is 11.6. The molecule has 1 atom stereocenters. The van der Waals surface area contributed by atoms with Crippen molar-refractivity contribution in [2.24, 2.45) is 0 Å². The van der Waals surface area contributed by atoms with E-state index in [2.05, 4.69) is 15.4 Å². The lowest BCUT2D eigenvalue weighted by molar-refractivity contribution is -0.140. The summed E-state index contributed by atoms with van der Waals surface area (Å²) >= 11 is 11.5. The number of nitrogens with one attached hydrogen (secondary N) is 2. The number of anilines is 1.